The Morgan fingerprint density at radius 1 is 1.31 bits per heavy atom. The lowest BCUT2D eigenvalue weighted by atomic mass is 9.53. The third kappa shape index (κ3) is 2.33. The van der Waals surface area contributed by atoms with Crippen LogP contribution in [0.15, 0.2) is 24.3 Å². The van der Waals surface area contributed by atoms with Gasteiger partial charge in [-0.05, 0) is 45.0 Å². The van der Waals surface area contributed by atoms with Crippen LogP contribution < -0.4 is 9.47 Å². The van der Waals surface area contributed by atoms with Gasteiger partial charge in [-0.25, -0.2) is 0 Å². The van der Waals surface area contributed by atoms with Gasteiger partial charge < -0.3 is 30.4 Å². The quantitative estimate of drug-likeness (QED) is 0.755. The van der Waals surface area contributed by atoms with Gasteiger partial charge in [0, 0.05) is 22.9 Å². The first-order valence-electron chi connectivity index (χ1n) is 8.69. The molecule has 1 fully saturated rings. The number of aliphatic hydroxyl groups excluding tert-OH is 1. The number of likely N-dealkylation sites (tertiary alicyclic amines) is 1. The highest BCUT2D eigenvalue weighted by Gasteiger charge is 2.64. The fourth-order valence-electron chi connectivity index (χ4n) is 5.50. The molecule has 0 amide bonds. The van der Waals surface area contributed by atoms with Crippen molar-refractivity contribution in [1.82, 2.24) is 4.90 Å². The largest absolute Gasteiger partial charge is 0.490 e. The highest BCUT2D eigenvalue weighted by Crippen LogP contribution is 2.62. The van der Waals surface area contributed by atoms with Gasteiger partial charge in [-0.3, -0.25) is 0 Å². The predicted octanol–water partition coefficient (Wildman–Crippen LogP) is 0.664. The topological polar surface area (TPSA) is 105 Å². The number of halogens is 1. The lowest BCUT2D eigenvalue weighted by Gasteiger charge is -2.56. The number of likely N-dealkylation sites (N-methyl/N-ethyl adjacent to an activating group) is 1. The molecule has 1 spiro atoms. The van der Waals surface area contributed by atoms with Gasteiger partial charge >= 0.3 is 0 Å². The third-order valence-electron chi connectivity index (χ3n) is 6.43. The van der Waals surface area contributed by atoms with Gasteiger partial charge in [-0.1, -0.05) is 18.2 Å². The Kier molecular flexibility index (Phi) is 5.67. The van der Waals surface area contributed by atoms with Crippen LogP contribution in [0.25, 0.3) is 0 Å². The summed E-state index contributed by atoms with van der Waals surface area (Å²) in [4.78, 5) is 2.48. The maximum Gasteiger partial charge on any atom is 0.165 e. The summed E-state index contributed by atoms with van der Waals surface area (Å²) in [6, 6.07) is 4.75. The normalized spacial score (nSPS) is 35.2. The van der Waals surface area contributed by atoms with Crippen LogP contribution in [-0.2, 0) is 11.8 Å². The molecule has 2 aliphatic carbocycles. The van der Waals surface area contributed by atoms with E-state index in [-0.39, 0.29) is 34.9 Å². The number of benzene rings is 1. The smallest absolute Gasteiger partial charge is 0.165 e. The molecular formula is C19H28ClNO5. The third-order valence-corrected chi connectivity index (χ3v) is 6.43. The SMILES string of the molecule is CCOc1ccc2c3c1OC1C(O)C=CC4C(C2)N(C)CCC341.Cl.O.O. The number of rotatable bonds is 2. The second-order valence-corrected chi connectivity index (χ2v) is 7.34. The molecule has 6 nitrogen and oxygen atoms in total. The van der Waals surface area contributed by atoms with Gasteiger partial charge in [-0.15, -0.1) is 12.4 Å². The molecule has 1 aromatic rings. The number of nitrogens with zero attached hydrogens (tertiary/aromatic N) is 1. The number of hydrogen-bond donors (Lipinski definition) is 1. The van der Waals surface area contributed by atoms with E-state index < -0.39 is 6.10 Å². The molecule has 5 rings (SSSR count). The molecule has 5 N–H and O–H groups in total. The molecule has 2 aliphatic heterocycles. The van der Waals surface area contributed by atoms with Crippen LogP contribution in [0.4, 0.5) is 0 Å². The van der Waals surface area contributed by atoms with Crippen molar-refractivity contribution in [3.8, 4) is 11.5 Å². The van der Waals surface area contributed by atoms with E-state index in [1.54, 1.807) is 0 Å². The molecule has 5 unspecified atom stereocenters. The zero-order valence-electron chi connectivity index (χ0n) is 15.1. The van der Waals surface area contributed by atoms with Crippen LogP contribution in [0.3, 0.4) is 0 Å². The van der Waals surface area contributed by atoms with Crippen molar-refractivity contribution in [3.63, 3.8) is 0 Å². The van der Waals surface area contributed by atoms with Crippen molar-refractivity contribution in [2.24, 2.45) is 5.92 Å². The molecule has 0 radical (unpaired) electrons. The molecule has 2 bridgehead atoms. The average Bonchev–Trinajstić information content (AvgIpc) is 2.90. The second kappa shape index (κ2) is 7.02. The van der Waals surface area contributed by atoms with Crippen LogP contribution in [0.5, 0.6) is 11.5 Å². The Bertz CT molecular complexity index is 711. The summed E-state index contributed by atoms with van der Waals surface area (Å²) < 4.78 is 12.2. The Hall–Kier alpha value is -1.31. The molecule has 7 heteroatoms. The highest BCUT2D eigenvalue weighted by atomic mass is 35.5. The molecule has 1 saturated heterocycles. The van der Waals surface area contributed by atoms with Gasteiger partial charge in [0.05, 0.1) is 6.61 Å². The lowest BCUT2D eigenvalue weighted by Crippen LogP contribution is -2.64. The van der Waals surface area contributed by atoms with E-state index >= 15 is 0 Å². The molecule has 0 saturated carbocycles. The fourth-order valence-corrected chi connectivity index (χ4v) is 5.50. The van der Waals surface area contributed by atoms with E-state index in [1.165, 1.54) is 11.1 Å². The van der Waals surface area contributed by atoms with Crippen LogP contribution in [0.1, 0.15) is 24.5 Å². The minimum absolute atomic E-state index is 0. The molecule has 0 aromatic heterocycles. The van der Waals surface area contributed by atoms with Crippen LogP contribution in [0.2, 0.25) is 0 Å². The van der Waals surface area contributed by atoms with Crippen molar-refractivity contribution in [3.05, 3.63) is 35.4 Å². The van der Waals surface area contributed by atoms with Gasteiger partial charge in [0.2, 0.25) is 0 Å². The molecule has 1 aromatic carbocycles. The summed E-state index contributed by atoms with van der Waals surface area (Å²) in [6.07, 6.45) is 5.56. The Morgan fingerprint density at radius 3 is 2.81 bits per heavy atom. The second-order valence-electron chi connectivity index (χ2n) is 7.34. The van der Waals surface area contributed by atoms with E-state index in [2.05, 4.69) is 24.1 Å². The highest BCUT2D eigenvalue weighted by molar-refractivity contribution is 5.85. The number of ether oxygens (including phenoxy) is 2. The zero-order chi connectivity index (χ0) is 15.8. The number of aliphatic hydroxyl groups is 1. The van der Waals surface area contributed by atoms with E-state index in [0.29, 0.717) is 18.6 Å². The summed E-state index contributed by atoms with van der Waals surface area (Å²) in [7, 11) is 2.22. The van der Waals surface area contributed by atoms with Gasteiger partial charge in [0.15, 0.2) is 11.5 Å². The molecule has 2 heterocycles. The zero-order valence-corrected chi connectivity index (χ0v) is 15.9. The summed E-state index contributed by atoms with van der Waals surface area (Å²) >= 11 is 0. The fraction of sp³-hybridized carbons (Fsp3) is 0.579. The van der Waals surface area contributed by atoms with Gasteiger partial charge in [0.1, 0.15) is 12.2 Å². The Balaban J connectivity index is 0.000000810. The van der Waals surface area contributed by atoms with E-state index in [9.17, 15) is 5.11 Å². The first-order chi connectivity index (χ1) is 11.2. The minimum atomic E-state index is -0.539. The van der Waals surface area contributed by atoms with Crippen LogP contribution >= 0.6 is 12.4 Å². The number of piperidine rings is 1. The average molecular weight is 386 g/mol. The molecule has 146 valence electrons. The van der Waals surface area contributed by atoms with Crippen molar-refractivity contribution in [2.45, 2.75) is 43.4 Å². The van der Waals surface area contributed by atoms with Crippen molar-refractivity contribution in [2.75, 3.05) is 20.2 Å². The van der Waals surface area contributed by atoms with Crippen LogP contribution in [-0.4, -0.2) is 59.4 Å². The van der Waals surface area contributed by atoms with Crippen molar-refractivity contribution in [1.29, 1.82) is 0 Å². The summed E-state index contributed by atoms with van der Waals surface area (Å²) in [6.45, 7) is 3.68. The van der Waals surface area contributed by atoms with Crippen molar-refractivity contribution < 1.29 is 25.5 Å². The Morgan fingerprint density at radius 2 is 2.08 bits per heavy atom. The van der Waals surface area contributed by atoms with Crippen LogP contribution in [0, 0.1) is 5.92 Å². The maximum absolute atomic E-state index is 10.6. The van der Waals surface area contributed by atoms with Gasteiger partial charge in [-0.2, -0.15) is 0 Å². The van der Waals surface area contributed by atoms with E-state index in [4.69, 9.17) is 9.47 Å². The van der Waals surface area contributed by atoms with E-state index in [0.717, 1.165) is 30.9 Å². The van der Waals surface area contributed by atoms with Gasteiger partial charge in [0.25, 0.3) is 0 Å². The summed E-state index contributed by atoms with van der Waals surface area (Å²) in [5, 5.41) is 10.6. The number of hydrogen-bond acceptors (Lipinski definition) is 4. The summed E-state index contributed by atoms with van der Waals surface area (Å²) in [5.41, 5.74) is 2.62. The van der Waals surface area contributed by atoms with E-state index in [1.807, 2.05) is 19.1 Å². The molecule has 5 atom stereocenters. The summed E-state index contributed by atoms with van der Waals surface area (Å²) in [5.74, 6) is 2.14. The minimum Gasteiger partial charge on any atom is -0.490 e. The van der Waals surface area contributed by atoms with Crippen molar-refractivity contribution >= 4 is 12.4 Å². The molecule has 26 heavy (non-hydrogen) atoms. The standard InChI is InChI=1S/C19H23NO3.ClH.2H2O/c1-3-22-15-7-4-11-10-13-12-5-6-14(21)18-19(12,8-9-20(13)2)16(11)17(15)23-18;;;/h4-7,12-14,18,21H,3,8-10H2,1-2H3;1H;2*1H2. The maximum atomic E-state index is 10.6. The molecular weight excluding hydrogens is 358 g/mol. The Labute approximate surface area is 159 Å². The first-order valence-corrected chi connectivity index (χ1v) is 8.69. The predicted molar refractivity (Wildman–Crippen MR) is 102 cm³/mol. The monoisotopic (exact) mass is 385 g/mol. The first kappa shape index (κ1) is 21.0. The lowest BCUT2D eigenvalue weighted by molar-refractivity contribution is -0.0453. The molecule has 4 aliphatic rings.